The Morgan fingerprint density at radius 1 is 1.48 bits per heavy atom. The summed E-state index contributed by atoms with van der Waals surface area (Å²) in [6.45, 7) is 1.85. The fraction of sp³-hybridized carbons (Fsp3) is 0.667. The standard InChI is InChI=1S/C15H20N2O4/c1-7-11-13(21-16-7)12(17(2)3)9-5-8-6-10(19-4)15(9,20-8)14(11)18/h6,8-9,12,14,18H,5H2,1-4H3/t8-,9+,12+,14-,15+/m1/s1. The van der Waals surface area contributed by atoms with Crippen molar-refractivity contribution in [1.82, 2.24) is 10.1 Å². The number of nitrogens with zero attached hydrogens (tertiary/aromatic N) is 2. The molecule has 2 aliphatic heterocycles. The Balaban J connectivity index is 1.95. The molecule has 3 heterocycles. The van der Waals surface area contributed by atoms with Gasteiger partial charge >= 0.3 is 0 Å². The maximum Gasteiger partial charge on any atom is 0.160 e. The molecule has 6 heteroatoms. The number of rotatable bonds is 2. The highest BCUT2D eigenvalue weighted by atomic mass is 16.6. The van der Waals surface area contributed by atoms with E-state index in [0.717, 1.165) is 23.5 Å². The summed E-state index contributed by atoms with van der Waals surface area (Å²) in [5, 5.41) is 15.1. The Labute approximate surface area is 123 Å². The van der Waals surface area contributed by atoms with Crippen molar-refractivity contribution in [2.75, 3.05) is 21.2 Å². The van der Waals surface area contributed by atoms with E-state index in [1.165, 1.54) is 0 Å². The third kappa shape index (κ3) is 1.40. The monoisotopic (exact) mass is 292 g/mol. The molecule has 0 amide bonds. The van der Waals surface area contributed by atoms with Crippen LogP contribution in [0.1, 0.15) is 35.6 Å². The average molecular weight is 292 g/mol. The number of aromatic nitrogens is 1. The molecule has 1 fully saturated rings. The Bertz CT molecular complexity index is 623. The van der Waals surface area contributed by atoms with Crippen molar-refractivity contribution in [1.29, 1.82) is 0 Å². The van der Waals surface area contributed by atoms with Gasteiger partial charge in [0, 0.05) is 5.92 Å². The quantitative estimate of drug-likeness (QED) is 0.886. The van der Waals surface area contributed by atoms with Crippen molar-refractivity contribution in [3.05, 3.63) is 28.9 Å². The van der Waals surface area contributed by atoms with Gasteiger partial charge in [-0.1, -0.05) is 5.16 Å². The second kappa shape index (κ2) is 4.09. The van der Waals surface area contributed by atoms with E-state index in [9.17, 15) is 5.11 Å². The molecule has 0 unspecified atom stereocenters. The first-order chi connectivity index (χ1) is 10.0. The predicted molar refractivity (Wildman–Crippen MR) is 73.4 cm³/mol. The number of aryl methyl sites for hydroxylation is 1. The van der Waals surface area contributed by atoms with Gasteiger partial charge in [-0.2, -0.15) is 0 Å². The van der Waals surface area contributed by atoms with Gasteiger partial charge in [-0.15, -0.1) is 0 Å². The lowest BCUT2D eigenvalue weighted by Gasteiger charge is -2.46. The van der Waals surface area contributed by atoms with Crippen molar-refractivity contribution in [3.8, 4) is 0 Å². The van der Waals surface area contributed by atoms with Gasteiger partial charge in [0.1, 0.15) is 11.9 Å². The van der Waals surface area contributed by atoms with E-state index in [1.54, 1.807) is 7.11 Å². The second-order valence-corrected chi connectivity index (χ2v) is 6.38. The third-order valence-electron chi connectivity index (χ3n) is 5.15. The minimum Gasteiger partial charge on any atom is -0.498 e. The molecule has 3 aliphatic rings. The van der Waals surface area contributed by atoms with Crippen LogP contribution in [0.5, 0.6) is 0 Å². The molecule has 114 valence electrons. The van der Waals surface area contributed by atoms with E-state index < -0.39 is 11.7 Å². The summed E-state index contributed by atoms with van der Waals surface area (Å²) in [7, 11) is 5.66. The zero-order chi connectivity index (χ0) is 14.9. The highest BCUT2D eigenvalue weighted by molar-refractivity contribution is 5.43. The maximum absolute atomic E-state index is 11.0. The van der Waals surface area contributed by atoms with Crippen LogP contribution in [0.2, 0.25) is 0 Å². The first kappa shape index (κ1) is 13.3. The summed E-state index contributed by atoms with van der Waals surface area (Å²) < 4.78 is 17.3. The van der Waals surface area contributed by atoms with E-state index in [0.29, 0.717) is 5.69 Å². The van der Waals surface area contributed by atoms with E-state index in [4.69, 9.17) is 14.0 Å². The fourth-order valence-electron chi connectivity index (χ4n) is 4.38. The van der Waals surface area contributed by atoms with E-state index >= 15 is 0 Å². The van der Waals surface area contributed by atoms with Gasteiger partial charge in [-0.05, 0) is 33.5 Å². The molecule has 1 aromatic heterocycles. The molecule has 1 aliphatic carbocycles. The van der Waals surface area contributed by atoms with Crippen LogP contribution < -0.4 is 0 Å². The normalized spacial score (nSPS) is 40.2. The zero-order valence-electron chi connectivity index (χ0n) is 12.7. The summed E-state index contributed by atoms with van der Waals surface area (Å²) in [6, 6.07) is 0.0217. The van der Waals surface area contributed by atoms with Crippen LogP contribution in [0.25, 0.3) is 0 Å². The molecular weight excluding hydrogens is 272 g/mol. The summed E-state index contributed by atoms with van der Waals surface area (Å²) in [5.74, 6) is 1.58. The number of ether oxygens (including phenoxy) is 2. The summed E-state index contributed by atoms with van der Waals surface area (Å²) in [6.07, 6.45) is 2.03. The Hall–Kier alpha value is -1.37. The summed E-state index contributed by atoms with van der Waals surface area (Å²) in [4.78, 5) is 2.11. The number of hydrogen-bond donors (Lipinski definition) is 1. The average Bonchev–Trinajstić information content (AvgIpc) is 3.09. The molecule has 1 N–H and O–H groups in total. The first-order valence-corrected chi connectivity index (χ1v) is 7.25. The largest absolute Gasteiger partial charge is 0.498 e. The Morgan fingerprint density at radius 3 is 2.90 bits per heavy atom. The van der Waals surface area contributed by atoms with Crippen molar-refractivity contribution in [2.24, 2.45) is 5.92 Å². The first-order valence-electron chi connectivity index (χ1n) is 7.25. The van der Waals surface area contributed by atoms with Crippen LogP contribution in [0.15, 0.2) is 16.4 Å². The van der Waals surface area contributed by atoms with Crippen LogP contribution >= 0.6 is 0 Å². The molecule has 21 heavy (non-hydrogen) atoms. The minimum atomic E-state index is -0.808. The second-order valence-electron chi connectivity index (χ2n) is 6.38. The molecule has 4 rings (SSSR count). The molecule has 1 spiro atoms. The van der Waals surface area contributed by atoms with Crippen LogP contribution in [-0.2, 0) is 9.47 Å². The number of aliphatic hydroxyl groups is 1. The molecule has 0 radical (unpaired) electrons. The number of fused-ring (bicyclic) bond motifs is 2. The summed E-state index contributed by atoms with van der Waals surface area (Å²) >= 11 is 0. The van der Waals surface area contributed by atoms with Crippen LogP contribution in [0, 0.1) is 12.8 Å². The molecule has 0 aromatic carbocycles. The van der Waals surface area contributed by atoms with Crippen LogP contribution in [-0.4, -0.2) is 48.1 Å². The van der Waals surface area contributed by atoms with Crippen molar-refractivity contribution >= 4 is 0 Å². The van der Waals surface area contributed by atoms with Gasteiger partial charge in [-0.25, -0.2) is 0 Å². The number of aliphatic hydroxyl groups excluding tert-OH is 1. The molecule has 6 nitrogen and oxygen atoms in total. The lowest BCUT2D eigenvalue weighted by atomic mass is 9.66. The highest BCUT2D eigenvalue weighted by Gasteiger charge is 2.67. The van der Waals surface area contributed by atoms with Gasteiger partial charge in [0.05, 0.1) is 30.5 Å². The van der Waals surface area contributed by atoms with Gasteiger partial charge in [0.25, 0.3) is 0 Å². The zero-order valence-corrected chi connectivity index (χ0v) is 12.7. The lowest BCUT2D eigenvalue weighted by Crippen LogP contribution is -2.51. The predicted octanol–water partition coefficient (Wildman–Crippen LogP) is 1.32. The minimum absolute atomic E-state index is 0.000628. The third-order valence-corrected chi connectivity index (χ3v) is 5.15. The fourth-order valence-corrected chi connectivity index (χ4v) is 4.38. The molecule has 1 aromatic rings. The number of hydrogen-bond acceptors (Lipinski definition) is 6. The Morgan fingerprint density at radius 2 is 2.24 bits per heavy atom. The maximum atomic E-state index is 11.0. The number of methoxy groups -OCH3 is 1. The molecular formula is C15H20N2O4. The van der Waals surface area contributed by atoms with Crippen molar-refractivity contribution < 1.29 is 19.1 Å². The van der Waals surface area contributed by atoms with E-state index in [1.807, 2.05) is 27.1 Å². The van der Waals surface area contributed by atoms with Gasteiger partial charge in [-0.3, -0.25) is 4.90 Å². The Kier molecular flexibility index (Phi) is 2.59. The van der Waals surface area contributed by atoms with Gasteiger partial charge < -0.3 is 19.1 Å². The molecule has 2 bridgehead atoms. The highest BCUT2D eigenvalue weighted by Crippen LogP contribution is 2.62. The van der Waals surface area contributed by atoms with E-state index in [-0.39, 0.29) is 18.1 Å². The molecule has 1 saturated heterocycles. The van der Waals surface area contributed by atoms with Crippen LogP contribution in [0.3, 0.4) is 0 Å². The van der Waals surface area contributed by atoms with Crippen LogP contribution in [0.4, 0.5) is 0 Å². The summed E-state index contributed by atoms with van der Waals surface area (Å²) in [5.41, 5.74) is 0.652. The lowest BCUT2D eigenvalue weighted by molar-refractivity contribution is -0.131. The smallest absolute Gasteiger partial charge is 0.160 e. The van der Waals surface area contributed by atoms with Crippen molar-refractivity contribution in [3.63, 3.8) is 0 Å². The topological polar surface area (TPSA) is 68.0 Å². The van der Waals surface area contributed by atoms with Crippen molar-refractivity contribution in [2.45, 2.75) is 37.2 Å². The molecule has 5 atom stereocenters. The van der Waals surface area contributed by atoms with E-state index in [2.05, 4.69) is 10.1 Å². The van der Waals surface area contributed by atoms with Gasteiger partial charge in [0.15, 0.2) is 11.4 Å². The molecule has 0 saturated carbocycles. The van der Waals surface area contributed by atoms with Gasteiger partial charge in [0.2, 0.25) is 0 Å². The SMILES string of the molecule is COC1=C[C@H]2C[C@H]3[C@H](N(C)C)c4onc(C)c4[C@@H](O)[C@@]13O2.